The number of carboxylic acid groups (broad SMARTS) is 2. The van der Waals surface area contributed by atoms with E-state index >= 15 is 0 Å². The van der Waals surface area contributed by atoms with Crippen molar-refractivity contribution in [2.45, 2.75) is 25.7 Å². The Hall–Kier alpha value is -1.14. The lowest BCUT2D eigenvalue weighted by Gasteiger charge is -2.01. The molecular weight excluding hydrogens is 192 g/mol. The summed E-state index contributed by atoms with van der Waals surface area (Å²) in [6.45, 7) is 0.415. The molecule has 0 aliphatic heterocycles. The number of aliphatic carboxylic acids is 2. The van der Waals surface area contributed by atoms with Crippen LogP contribution in [0, 0.1) is 0 Å². The fourth-order valence-electron chi connectivity index (χ4n) is 0.682. The third-order valence-corrected chi connectivity index (χ3v) is 1.32. The average molecular weight is 206 g/mol. The minimum absolute atomic E-state index is 0.0402. The molecule has 0 rings (SSSR count). The number of carbonyl (C=O) groups is 2. The molecule has 14 heavy (non-hydrogen) atoms. The van der Waals surface area contributed by atoms with Crippen LogP contribution in [0.1, 0.15) is 25.7 Å². The highest BCUT2D eigenvalue weighted by Crippen LogP contribution is 1.93. The second kappa shape index (κ2) is 8.46. The minimum Gasteiger partial charge on any atom is -0.481 e. The van der Waals surface area contributed by atoms with Gasteiger partial charge in [-0.1, -0.05) is 0 Å². The van der Waals surface area contributed by atoms with Gasteiger partial charge in [0.05, 0.1) is 13.2 Å². The Balaban J connectivity index is 2.99. The summed E-state index contributed by atoms with van der Waals surface area (Å²) < 4.78 is 0. The highest BCUT2D eigenvalue weighted by atomic mass is 17.2. The molecule has 2 N–H and O–H groups in total. The fourth-order valence-corrected chi connectivity index (χ4v) is 0.682. The molecule has 0 radical (unpaired) electrons. The van der Waals surface area contributed by atoms with Crippen molar-refractivity contribution in [1.29, 1.82) is 0 Å². The largest absolute Gasteiger partial charge is 0.481 e. The van der Waals surface area contributed by atoms with E-state index in [1.165, 1.54) is 0 Å². The maximum atomic E-state index is 10.0. The molecule has 82 valence electrons. The average Bonchev–Trinajstić information content (AvgIpc) is 2.08. The van der Waals surface area contributed by atoms with Gasteiger partial charge in [-0.05, 0) is 12.8 Å². The minimum atomic E-state index is -0.875. The Morgan fingerprint density at radius 2 is 1.21 bits per heavy atom. The topological polar surface area (TPSA) is 93.1 Å². The molecule has 0 aliphatic carbocycles. The number of rotatable bonds is 9. The van der Waals surface area contributed by atoms with Crippen molar-refractivity contribution in [3.63, 3.8) is 0 Å². The Kier molecular flexibility index (Phi) is 7.77. The van der Waals surface area contributed by atoms with Gasteiger partial charge in [-0.15, -0.1) is 0 Å². The second-order valence-corrected chi connectivity index (χ2v) is 2.64. The van der Waals surface area contributed by atoms with Crippen molar-refractivity contribution in [2.24, 2.45) is 0 Å². The highest BCUT2D eigenvalue weighted by molar-refractivity contribution is 5.66. The number of carboxylic acids is 2. The Bertz CT molecular complexity index is 159. The van der Waals surface area contributed by atoms with E-state index in [1.807, 2.05) is 0 Å². The Labute approximate surface area is 81.4 Å². The van der Waals surface area contributed by atoms with Crippen LogP contribution in [0.2, 0.25) is 0 Å². The van der Waals surface area contributed by atoms with Crippen LogP contribution in [-0.2, 0) is 19.4 Å². The van der Waals surface area contributed by atoms with Crippen LogP contribution in [-0.4, -0.2) is 35.4 Å². The molecular formula is C8H14O6. The zero-order chi connectivity index (χ0) is 10.8. The molecule has 0 saturated heterocycles. The van der Waals surface area contributed by atoms with Gasteiger partial charge in [0.25, 0.3) is 0 Å². The quantitative estimate of drug-likeness (QED) is 0.327. The first-order valence-electron chi connectivity index (χ1n) is 4.31. The second-order valence-electron chi connectivity index (χ2n) is 2.64. The molecule has 0 aromatic carbocycles. The molecule has 0 fully saturated rings. The van der Waals surface area contributed by atoms with Crippen LogP contribution in [0.3, 0.4) is 0 Å². The van der Waals surface area contributed by atoms with Gasteiger partial charge in [-0.25, -0.2) is 9.78 Å². The van der Waals surface area contributed by atoms with E-state index in [9.17, 15) is 9.59 Å². The van der Waals surface area contributed by atoms with E-state index < -0.39 is 11.9 Å². The van der Waals surface area contributed by atoms with Gasteiger partial charge in [-0.3, -0.25) is 9.59 Å². The third kappa shape index (κ3) is 10.9. The normalized spacial score (nSPS) is 10.0. The fraction of sp³-hybridized carbons (Fsp3) is 0.750. The standard InChI is InChI=1S/C8H14O6/c9-7(10)3-1-5-13-14-6-2-4-8(11)12/h1-6H2,(H,9,10)(H,11,12). The summed E-state index contributed by atoms with van der Waals surface area (Å²) in [6.07, 6.45) is 0.847. The molecule has 0 aromatic rings. The van der Waals surface area contributed by atoms with Gasteiger partial charge in [0.2, 0.25) is 0 Å². The molecule has 0 aliphatic rings. The van der Waals surface area contributed by atoms with Crippen molar-refractivity contribution >= 4 is 11.9 Å². The summed E-state index contributed by atoms with van der Waals surface area (Å²) in [7, 11) is 0. The zero-order valence-corrected chi connectivity index (χ0v) is 7.77. The lowest BCUT2D eigenvalue weighted by molar-refractivity contribution is -0.295. The molecule has 0 atom stereocenters. The van der Waals surface area contributed by atoms with E-state index in [4.69, 9.17) is 10.2 Å². The lowest BCUT2D eigenvalue weighted by atomic mass is 10.3. The third-order valence-electron chi connectivity index (χ3n) is 1.32. The first kappa shape index (κ1) is 12.9. The van der Waals surface area contributed by atoms with Gasteiger partial charge in [0.1, 0.15) is 0 Å². The zero-order valence-electron chi connectivity index (χ0n) is 7.77. The van der Waals surface area contributed by atoms with Gasteiger partial charge in [0.15, 0.2) is 0 Å². The van der Waals surface area contributed by atoms with Gasteiger partial charge in [-0.2, -0.15) is 0 Å². The Morgan fingerprint density at radius 1 is 0.857 bits per heavy atom. The molecule has 6 nitrogen and oxygen atoms in total. The maximum absolute atomic E-state index is 10.0. The predicted octanol–water partition coefficient (Wildman–Crippen LogP) is 0.664. The van der Waals surface area contributed by atoms with Crippen LogP contribution in [0.25, 0.3) is 0 Å². The monoisotopic (exact) mass is 206 g/mol. The summed E-state index contributed by atoms with van der Waals surface area (Å²) in [5.74, 6) is -1.75. The van der Waals surface area contributed by atoms with Crippen LogP contribution in [0.4, 0.5) is 0 Å². The van der Waals surface area contributed by atoms with Crippen molar-refractivity contribution in [3.8, 4) is 0 Å². The summed E-state index contributed by atoms with van der Waals surface area (Å²) in [4.78, 5) is 29.3. The summed E-state index contributed by atoms with van der Waals surface area (Å²) in [5, 5.41) is 16.5. The van der Waals surface area contributed by atoms with E-state index in [-0.39, 0.29) is 26.1 Å². The molecule has 0 amide bonds. The first-order chi connectivity index (χ1) is 6.63. The van der Waals surface area contributed by atoms with Crippen molar-refractivity contribution in [3.05, 3.63) is 0 Å². The molecule has 0 aromatic heterocycles. The van der Waals surface area contributed by atoms with Gasteiger partial charge >= 0.3 is 11.9 Å². The van der Waals surface area contributed by atoms with E-state index in [0.717, 1.165) is 0 Å². The van der Waals surface area contributed by atoms with Crippen LogP contribution in [0.5, 0.6) is 0 Å². The van der Waals surface area contributed by atoms with Crippen molar-refractivity contribution in [1.82, 2.24) is 0 Å². The molecule has 0 saturated carbocycles. The summed E-state index contributed by atoms with van der Waals surface area (Å²) in [6, 6.07) is 0. The van der Waals surface area contributed by atoms with Gasteiger partial charge in [0, 0.05) is 12.8 Å². The van der Waals surface area contributed by atoms with Crippen molar-refractivity contribution < 1.29 is 29.6 Å². The molecule has 0 spiro atoms. The first-order valence-corrected chi connectivity index (χ1v) is 4.31. The van der Waals surface area contributed by atoms with E-state index in [2.05, 4.69) is 9.78 Å². The van der Waals surface area contributed by atoms with Crippen LogP contribution >= 0.6 is 0 Å². The lowest BCUT2D eigenvalue weighted by Crippen LogP contribution is -2.03. The predicted molar refractivity (Wildman–Crippen MR) is 45.6 cm³/mol. The van der Waals surface area contributed by atoms with Crippen LogP contribution < -0.4 is 0 Å². The molecule has 0 heterocycles. The smallest absolute Gasteiger partial charge is 0.303 e. The van der Waals surface area contributed by atoms with Crippen LogP contribution in [0.15, 0.2) is 0 Å². The van der Waals surface area contributed by atoms with Crippen molar-refractivity contribution in [2.75, 3.05) is 13.2 Å². The highest BCUT2D eigenvalue weighted by Gasteiger charge is 1.98. The molecule has 6 heteroatoms. The maximum Gasteiger partial charge on any atom is 0.303 e. The number of hydrogen-bond acceptors (Lipinski definition) is 4. The Morgan fingerprint density at radius 3 is 1.50 bits per heavy atom. The molecule has 0 unspecified atom stereocenters. The molecule has 0 bridgehead atoms. The summed E-state index contributed by atoms with van der Waals surface area (Å²) >= 11 is 0. The van der Waals surface area contributed by atoms with E-state index in [1.54, 1.807) is 0 Å². The number of hydrogen-bond donors (Lipinski definition) is 2. The summed E-state index contributed by atoms with van der Waals surface area (Å²) in [5.41, 5.74) is 0. The van der Waals surface area contributed by atoms with Gasteiger partial charge < -0.3 is 10.2 Å². The van der Waals surface area contributed by atoms with E-state index in [0.29, 0.717) is 12.8 Å². The SMILES string of the molecule is O=C(O)CCCOOCCCC(=O)O.